The highest BCUT2D eigenvalue weighted by Gasteiger charge is 2.46. The summed E-state index contributed by atoms with van der Waals surface area (Å²) in [5.41, 5.74) is 3.40. The van der Waals surface area contributed by atoms with Crippen molar-refractivity contribution in [1.82, 2.24) is 25.0 Å². The number of aryl methyl sites for hydroxylation is 1. The number of hydrogen-bond acceptors (Lipinski definition) is 9. The van der Waals surface area contributed by atoms with Gasteiger partial charge in [0, 0.05) is 63.1 Å². The molecule has 0 unspecified atom stereocenters. The van der Waals surface area contributed by atoms with Crippen LogP contribution in [-0.2, 0) is 35.8 Å². The third kappa shape index (κ3) is 6.24. The second-order valence-electron chi connectivity index (χ2n) is 11.3. The number of carbonyl (C=O) groups is 3. The van der Waals surface area contributed by atoms with E-state index in [1.807, 2.05) is 37.3 Å². The van der Waals surface area contributed by atoms with Crippen molar-refractivity contribution in [2.45, 2.75) is 37.9 Å². The maximum atomic E-state index is 13.6. The fraction of sp³-hybridized carbons (Fsp3) is 0.452. The zero-order valence-corrected chi connectivity index (χ0v) is 24.8. The summed E-state index contributed by atoms with van der Waals surface area (Å²) in [7, 11) is 1.67. The minimum absolute atomic E-state index is 0.196. The molecule has 3 aromatic rings. The highest BCUT2D eigenvalue weighted by atomic mass is 16.6. The van der Waals surface area contributed by atoms with Crippen molar-refractivity contribution in [3.63, 3.8) is 0 Å². The molecular formula is C31H36N6O7. The number of ether oxygens (including phenoxy) is 4. The van der Waals surface area contributed by atoms with Crippen LogP contribution in [-0.4, -0.2) is 102 Å². The minimum atomic E-state index is -1.06. The number of hydrogen-bond donors (Lipinski definition) is 2. The zero-order valence-electron chi connectivity index (χ0n) is 24.8. The Kier molecular flexibility index (Phi) is 8.49. The summed E-state index contributed by atoms with van der Waals surface area (Å²) in [6, 6.07) is 5.86. The number of aromatic amines is 1. The lowest BCUT2D eigenvalue weighted by Gasteiger charge is -2.43. The molecule has 44 heavy (non-hydrogen) atoms. The summed E-state index contributed by atoms with van der Waals surface area (Å²) < 4.78 is 23.1. The molecule has 0 saturated carbocycles. The smallest absolute Gasteiger partial charge is 0.413 e. The molecule has 4 aliphatic heterocycles. The van der Waals surface area contributed by atoms with Crippen molar-refractivity contribution < 1.29 is 33.3 Å². The molecule has 6 heterocycles. The quantitative estimate of drug-likeness (QED) is 0.420. The van der Waals surface area contributed by atoms with E-state index in [1.54, 1.807) is 24.3 Å². The fourth-order valence-electron chi connectivity index (χ4n) is 5.93. The second-order valence-corrected chi connectivity index (χ2v) is 11.3. The molecule has 1 spiro atoms. The molecule has 2 aromatic heterocycles. The standard InChI is InChI=1S/C31H36N6O7/c1-20-14-22(15-23-19-33-35-26(20)23)17-25-28(38)36(2)9-11-42-13-12-41-10-3-4-21-16-24-27(32-18-21)34-29(39)44-31(24)5-7-37(8-6-31)30(40)43-25/h3-4,14-16,18-19,25H,5-13,17H2,1-2H3,(H,33,35)(H,32,34,39)/b4-3-/t25-/m1/s1. The van der Waals surface area contributed by atoms with Gasteiger partial charge in [0.25, 0.3) is 5.91 Å². The highest BCUT2D eigenvalue weighted by Crippen LogP contribution is 2.43. The molecule has 1 atom stereocenters. The van der Waals surface area contributed by atoms with Crippen LogP contribution in [0.25, 0.3) is 17.0 Å². The Morgan fingerprint density at radius 2 is 1.84 bits per heavy atom. The third-order valence-electron chi connectivity index (χ3n) is 8.33. The molecule has 1 fully saturated rings. The number of H-pyrrole nitrogens is 1. The van der Waals surface area contributed by atoms with Crippen LogP contribution in [0, 0.1) is 6.92 Å². The summed E-state index contributed by atoms with van der Waals surface area (Å²) in [5.74, 6) is 0.118. The molecule has 7 rings (SSSR count). The Morgan fingerprint density at radius 1 is 1.02 bits per heavy atom. The maximum Gasteiger partial charge on any atom is 0.413 e. The number of anilines is 1. The van der Waals surface area contributed by atoms with Gasteiger partial charge in [0.2, 0.25) is 0 Å². The Balaban J connectivity index is 1.25. The van der Waals surface area contributed by atoms with Crippen LogP contribution >= 0.6 is 0 Å². The first-order chi connectivity index (χ1) is 21.3. The van der Waals surface area contributed by atoms with Gasteiger partial charge in [-0.1, -0.05) is 18.2 Å². The number of carbonyl (C=O) groups excluding carboxylic acids is 3. The zero-order chi connectivity index (χ0) is 30.7. The van der Waals surface area contributed by atoms with Gasteiger partial charge in [-0.25, -0.2) is 14.6 Å². The van der Waals surface area contributed by atoms with E-state index in [1.165, 1.54) is 4.90 Å². The molecule has 13 heteroatoms. The second kappa shape index (κ2) is 12.6. The number of likely N-dealkylation sites (N-methyl/N-ethyl adjacent to an activating group) is 1. The average molecular weight is 605 g/mol. The maximum absolute atomic E-state index is 13.6. The van der Waals surface area contributed by atoms with Crippen molar-refractivity contribution in [3.8, 4) is 0 Å². The Labute approximate surface area is 254 Å². The summed E-state index contributed by atoms with van der Waals surface area (Å²) >= 11 is 0. The van der Waals surface area contributed by atoms with Crippen LogP contribution in [0.3, 0.4) is 0 Å². The molecule has 2 N–H and O–H groups in total. The van der Waals surface area contributed by atoms with Crippen molar-refractivity contribution in [2.24, 2.45) is 0 Å². The first kappa shape index (κ1) is 29.6. The first-order valence-corrected chi connectivity index (χ1v) is 14.8. The molecular weight excluding hydrogens is 568 g/mol. The van der Waals surface area contributed by atoms with Gasteiger partial charge in [-0.2, -0.15) is 5.10 Å². The number of amides is 3. The van der Waals surface area contributed by atoms with Crippen molar-refractivity contribution in [2.75, 3.05) is 58.4 Å². The number of nitrogens with one attached hydrogen (secondary N) is 2. The van der Waals surface area contributed by atoms with E-state index in [0.717, 1.165) is 33.2 Å². The number of nitrogens with zero attached hydrogens (tertiary/aromatic N) is 4. The first-order valence-electron chi connectivity index (χ1n) is 14.8. The number of rotatable bonds is 2. The molecule has 0 radical (unpaired) electrons. The van der Waals surface area contributed by atoms with Gasteiger partial charge in [0.05, 0.1) is 38.1 Å². The number of aromatic nitrogens is 3. The normalized spacial score (nSPS) is 24.3. The number of pyridine rings is 1. The monoisotopic (exact) mass is 604 g/mol. The molecule has 4 aliphatic rings. The van der Waals surface area contributed by atoms with Gasteiger partial charge >= 0.3 is 12.2 Å². The molecule has 13 nitrogen and oxygen atoms in total. The van der Waals surface area contributed by atoms with Crippen molar-refractivity contribution in [1.29, 1.82) is 0 Å². The summed E-state index contributed by atoms with van der Waals surface area (Å²) in [5, 5.41) is 10.7. The summed E-state index contributed by atoms with van der Waals surface area (Å²) in [6.45, 7) is 4.27. The summed E-state index contributed by atoms with van der Waals surface area (Å²) in [6.07, 6.45) is 5.87. The van der Waals surface area contributed by atoms with E-state index >= 15 is 0 Å². The van der Waals surface area contributed by atoms with Gasteiger partial charge < -0.3 is 28.7 Å². The van der Waals surface area contributed by atoms with Crippen LogP contribution in [0.15, 0.2) is 36.7 Å². The van der Waals surface area contributed by atoms with Gasteiger partial charge in [-0.05, 0) is 35.7 Å². The van der Waals surface area contributed by atoms with Gasteiger partial charge in [-0.3, -0.25) is 15.2 Å². The van der Waals surface area contributed by atoms with Crippen LogP contribution < -0.4 is 5.32 Å². The SMILES string of the molecule is Cc1cc(C[C@H]2OC(=O)N3CCC4(CC3)OC(=O)Nc3ncc(cc34)/C=C\COCCOCCN(C)C2=O)cc2cn[nH]c12. The van der Waals surface area contributed by atoms with Gasteiger partial charge in [0.15, 0.2) is 6.10 Å². The van der Waals surface area contributed by atoms with E-state index in [2.05, 4.69) is 20.5 Å². The molecule has 3 amide bonds. The minimum Gasteiger partial charge on any atom is -0.437 e. The molecule has 1 aromatic carbocycles. The van der Waals surface area contributed by atoms with Crippen molar-refractivity contribution in [3.05, 3.63) is 58.9 Å². The number of piperidine rings is 1. The van der Waals surface area contributed by atoms with E-state index < -0.39 is 23.9 Å². The number of benzene rings is 1. The van der Waals surface area contributed by atoms with Crippen LogP contribution in [0.5, 0.6) is 0 Å². The predicted octanol–water partition coefficient (Wildman–Crippen LogP) is 3.39. The van der Waals surface area contributed by atoms with E-state index in [-0.39, 0.29) is 25.4 Å². The topological polar surface area (TPSA) is 148 Å². The lowest BCUT2D eigenvalue weighted by Crippen LogP contribution is -2.51. The van der Waals surface area contributed by atoms with Crippen LogP contribution in [0.2, 0.25) is 0 Å². The predicted molar refractivity (Wildman–Crippen MR) is 160 cm³/mol. The third-order valence-corrected chi connectivity index (χ3v) is 8.33. The van der Waals surface area contributed by atoms with E-state index in [4.69, 9.17) is 18.9 Å². The van der Waals surface area contributed by atoms with Crippen LogP contribution in [0.4, 0.5) is 15.4 Å². The molecule has 4 bridgehead atoms. The Hall–Kier alpha value is -4.49. The molecule has 232 valence electrons. The Bertz CT molecular complexity index is 1580. The fourth-order valence-corrected chi connectivity index (χ4v) is 5.93. The molecule has 1 saturated heterocycles. The lowest BCUT2D eigenvalue weighted by atomic mass is 9.83. The van der Waals surface area contributed by atoms with Crippen LogP contribution in [0.1, 0.15) is 35.1 Å². The average Bonchev–Trinajstić information content (AvgIpc) is 3.49. The molecule has 0 aliphatic carbocycles. The highest BCUT2D eigenvalue weighted by molar-refractivity contribution is 5.88. The largest absolute Gasteiger partial charge is 0.437 e. The van der Waals surface area contributed by atoms with E-state index in [0.29, 0.717) is 51.6 Å². The lowest BCUT2D eigenvalue weighted by molar-refractivity contribution is -0.140. The van der Waals surface area contributed by atoms with Crippen molar-refractivity contribution >= 4 is 40.9 Å². The van der Waals surface area contributed by atoms with Gasteiger partial charge in [0.1, 0.15) is 11.4 Å². The van der Waals surface area contributed by atoms with Gasteiger partial charge in [-0.15, -0.1) is 0 Å². The van der Waals surface area contributed by atoms with E-state index in [9.17, 15) is 14.4 Å². The Morgan fingerprint density at radius 3 is 2.68 bits per heavy atom. The summed E-state index contributed by atoms with van der Waals surface area (Å²) in [4.78, 5) is 47.2. The number of fused-ring (bicyclic) bond motifs is 15.